The average molecular weight is 511 g/mol. The van der Waals surface area contributed by atoms with E-state index in [9.17, 15) is 22.8 Å². The van der Waals surface area contributed by atoms with Gasteiger partial charge in [0, 0.05) is 43.2 Å². The van der Waals surface area contributed by atoms with Crippen LogP contribution in [0.5, 0.6) is 5.75 Å². The fourth-order valence-corrected chi connectivity index (χ4v) is 5.25. The van der Waals surface area contributed by atoms with Crippen molar-refractivity contribution in [3.05, 3.63) is 29.8 Å². The molecule has 3 aliphatic rings. The number of hydrogen-bond acceptors (Lipinski definition) is 5. The largest absolute Gasteiger partial charge is 0.480 e. The number of hydrogen-bond donors (Lipinski definition) is 3. The lowest BCUT2D eigenvalue weighted by molar-refractivity contribution is -0.201. The summed E-state index contributed by atoms with van der Waals surface area (Å²) in [6.45, 7) is 4.19. The number of carbonyl (C=O) groups is 2. The number of methoxy groups -OCH3 is 1. The van der Waals surface area contributed by atoms with Gasteiger partial charge in [-0.25, -0.2) is 0 Å². The molecule has 1 aliphatic carbocycles. The number of amides is 2. The SMILES string of the molecule is CC[C@]1(C)CC(=O)N([C@H](CCOC)[C@@H]2C[C@H]2C(=O)N[C@H]2C[C@H](C(F)(F)F)Oc3ccccc32)C(=N)N1. The summed E-state index contributed by atoms with van der Waals surface area (Å²) in [5.41, 5.74) is 0.0120. The molecular formula is C25H33F3N4O4. The Morgan fingerprint density at radius 1 is 1.36 bits per heavy atom. The molecule has 4 rings (SSSR count). The zero-order valence-electron chi connectivity index (χ0n) is 20.7. The molecular weight excluding hydrogens is 477 g/mol. The molecule has 2 amide bonds. The van der Waals surface area contributed by atoms with Crippen molar-refractivity contribution in [2.45, 2.75) is 75.9 Å². The molecule has 2 fully saturated rings. The number of rotatable bonds is 8. The van der Waals surface area contributed by atoms with E-state index in [0.29, 0.717) is 31.4 Å². The van der Waals surface area contributed by atoms with Crippen LogP contribution < -0.4 is 15.4 Å². The minimum atomic E-state index is -4.56. The van der Waals surface area contributed by atoms with Crippen molar-refractivity contribution < 1.29 is 32.2 Å². The van der Waals surface area contributed by atoms with E-state index in [4.69, 9.17) is 14.9 Å². The van der Waals surface area contributed by atoms with Gasteiger partial charge in [0.05, 0.1) is 12.5 Å². The van der Waals surface area contributed by atoms with Crippen molar-refractivity contribution in [3.63, 3.8) is 0 Å². The van der Waals surface area contributed by atoms with Gasteiger partial charge < -0.3 is 20.1 Å². The van der Waals surface area contributed by atoms with Crippen LogP contribution in [0.1, 0.15) is 57.6 Å². The molecule has 0 spiro atoms. The third kappa shape index (κ3) is 5.30. The van der Waals surface area contributed by atoms with Crippen LogP contribution in [0.4, 0.5) is 13.2 Å². The number of guanidine groups is 1. The van der Waals surface area contributed by atoms with Crippen molar-refractivity contribution in [1.82, 2.24) is 15.5 Å². The molecule has 3 N–H and O–H groups in total. The monoisotopic (exact) mass is 510 g/mol. The van der Waals surface area contributed by atoms with Crippen LogP contribution in [0.2, 0.25) is 0 Å². The van der Waals surface area contributed by atoms with Gasteiger partial charge in [0.2, 0.25) is 11.8 Å². The molecule has 198 valence electrons. The second-order valence-corrected chi connectivity index (χ2v) is 10.2. The zero-order chi connectivity index (χ0) is 26.3. The van der Waals surface area contributed by atoms with Crippen LogP contribution in [0.25, 0.3) is 0 Å². The molecule has 36 heavy (non-hydrogen) atoms. The van der Waals surface area contributed by atoms with E-state index < -0.39 is 42.2 Å². The fraction of sp³-hybridized carbons (Fsp3) is 0.640. The van der Waals surface area contributed by atoms with E-state index >= 15 is 0 Å². The normalized spacial score (nSPS) is 30.7. The van der Waals surface area contributed by atoms with E-state index in [1.54, 1.807) is 25.3 Å². The summed E-state index contributed by atoms with van der Waals surface area (Å²) in [5, 5.41) is 14.4. The second kappa shape index (κ2) is 9.91. The smallest absolute Gasteiger partial charge is 0.425 e. The number of nitrogens with zero attached hydrogens (tertiary/aromatic N) is 1. The Labute approximate surface area is 208 Å². The standard InChI is InChI=1S/C25H33F3N4O4/c1-4-24(2)13-21(33)32(23(29)31-24)18(9-10-35-3)15-11-16(15)22(34)30-17-12-20(25(26,27)28)36-19-8-6-5-7-14(17)19/h5-8,15-18,20H,4,9-13H2,1-3H3,(H2,29,31)(H,30,34)/t15-,16-,17+,18-,20-,24-/m1/s1. The van der Waals surface area contributed by atoms with Gasteiger partial charge in [0.1, 0.15) is 5.75 Å². The van der Waals surface area contributed by atoms with Gasteiger partial charge >= 0.3 is 6.18 Å². The Hall–Kier alpha value is -2.82. The Morgan fingerprint density at radius 3 is 2.72 bits per heavy atom. The molecule has 1 saturated heterocycles. The molecule has 0 unspecified atom stereocenters. The third-order valence-corrected chi connectivity index (χ3v) is 7.57. The van der Waals surface area contributed by atoms with E-state index in [1.807, 2.05) is 13.8 Å². The first-order chi connectivity index (χ1) is 17.0. The topological polar surface area (TPSA) is 104 Å². The molecule has 11 heteroatoms. The quantitative estimate of drug-likeness (QED) is 0.497. The van der Waals surface area contributed by atoms with Gasteiger partial charge in [0.15, 0.2) is 12.1 Å². The number of nitrogens with one attached hydrogen (secondary N) is 3. The number of benzene rings is 1. The highest BCUT2D eigenvalue weighted by molar-refractivity contribution is 5.99. The molecule has 0 radical (unpaired) electrons. The molecule has 2 heterocycles. The average Bonchev–Trinajstić information content (AvgIpc) is 3.61. The third-order valence-electron chi connectivity index (χ3n) is 7.57. The van der Waals surface area contributed by atoms with E-state index in [0.717, 1.165) is 0 Å². The minimum Gasteiger partial charge on any atom is -0.480 e. The number of ether oxygens (including phenoxy) is 2. The van der Waals surface area contributed by atoms with Crippen LogP contribution >= 0.6 is 0 Å². The van der Waals surface area contributed by atoms with Gasteiger partial charge in [-0.3, -0.25) is 19.9 Å². The predicted molar refractivity (Wildman–Crippen MR) is 125 cm³/mol. The van der Waals surface area contributed by atoms with Crippen molar-refractivity contribution in [1.29, 1.82) is 5.41 Å². The van der Waals surface area contributed by atoms with Crippen LogP contribution in [0.3, 0.4) is 0 Å². The van der Waals surface area contributed by atoms with Crippen molar-refractivity contribution in [3.8, 4) is 5.75 Å². The Morgan fingerprint density at radius 2 is 2.08 bits per heavy atom. The highest BCUT2D eigenvalue weighted by Gasteiger charge is 2.53. The van der Waals surface area contributed by atoms with E-state index in [-0.39, 0.29) is 35.9 Å². The molecule has 1 aromatic carbocycles. The fourth-order valence-electron chi connectivity index (χ4n) is 5.25. The summed E-state index contributed by atoms with van der Waals surface area (Å²) in [6, 6.07) is 5.16. The molecule has 8 nitrogen and oxygen atoms in total. The lowest BCUT2D eigenvalue weighted by atomic mass is 9.90. The lowest BCUT2D eigenvalue weighted by Gasteiger charge is -2.43. The van der Waals surface area contributed by atoms with Crippen LogP contribution in [-0.2, 0) is 14.3 Å². The van der Waals surface area contributed by atoms with Gasteiger partial charge in [-0.15, -0.1) is 0 Å². The second-order valence-electron chi connectivity index (χ2n) is 10.2. The van der Waals surface area contributed by atoms with Gasteiger partial charge in [0.25, 0.3) is 0 Å². The molecule has 0 aromatic heterocycles. The van der Waals surface area contributed by atoms with Crippen LogP contribution in [-0.4, -0.2) is 60.3 Å². The van der Waals surface area contributed by atoms with Gasteiger partial charge in [-0.2, -0.15) is 13.2 Å². The number of para-hydroxylation sites is 1. The first-order valence-electron chi connectivity index (χ1n) is 12.3. The first kappa shape index (κ1) is 26.2. The number of halogens is 3. The number of alkyl halides is 3. The summed E-state index contributed by atoms with van der Waals surface area (Å²) in [5.74, 6) is -1.10. The Balaban J connectivity index is 1.48. The Bertz CT molecular complexity index is 999. The maximum Gasteiger partial charge on any atom is 0.425 e. The highest BCUT2D eigenvalue weighted by atomic mass is 19.4. The zero-order valence-corrected chi connectivity index (χ0v) is 20.7. The molecule has 2 aliphatic heterocycles. The number of fused-ring (bicyclic) bond motifs is 1. The van der Waals surface area contributed by atoms with Crippen LogP contribution in [0, 0.1) is 17.2 Å². The van der Waals surface area contributed by atoms with Gasteiger partial charge in [-0.05, 0) is 38.2 Å². The van der Waals surface area contributed by atoms with Crippen molar-refractivity contribution >= 4 is 17.8 Å². The van der Waals surface area contributed by atoms with Crippen LogP contribution in [0.15, 0.2) is 24.3 Å². The summed E-state index contributed by atoms with van der Waals surface area (Å²) in [7, 11) is 1.55. The maximum atomic E-state index is 13.4. The molecule has 0 bridgehead atoms. The predicted octanol–water partition coefficient (Wildman–Crippen LogP) is 3.52. The first-order valence-corrected chi connectivity index (χ1v) is 12.3. The molecule has 6 atom stereocenters. The minimum absolute atomic E-state index is 0.00846. The maximum absolute atomic E-state index is 13.4. The summed E-state index contributed by atoms with van der Waals surface area (Å²) in [4.78, 5) is 27.7. The Kier molecular flexibility index (Phi) is 7.23. The van der Waals surface area contributed by atoms with E-state index in [2.05, 4.69) is 10.6 Å². The number of carbonyl (C=O) groups excluding carboxylic acids is 2. The van der Waals surface area contributed by atoms with Gasteiger partial charge in [-0.1, -0.05) is 25.1 Å². The van der Waals surface area contributed by atoms with Crippen molar-refractivity contribution in [2.24, 2.45) is 11.8 Å². The lowest BCUT2D eigenvalue weighted by Crippen LogP contribution is -2.63. The molecule has 1 aromatic rings. The van der Waals surface area contributed by atoms with Crippen molar-refractivity contribution in [2.75, 3.05) is 13.7 Å². The summed E-state index contributed by atoms with van der Waals surface area (Å²) < 4.78 is 50.7. The summed E-state index contributed by atoms with van der Waals surface area (Å²) in [6.07, 6.45) is -5.14. The summed E-state index contributed by atoms with van der Waals surface area (Å²) >= 11 is 0. The van der Waals surface area contributed by atoms with E-state index in [1.165, 1.54) is 11.0 Å². The molecule has 1 saturated carbocycles. The highest BCUT2D eigenvalue weighted by Crippen LogP contribution is 2.47.